The highest BCUT2D eigenvalue weighted by Gasteiger charge is 2.25. The number of benzene rings is 2. The fourth-order valence-corrected chi connectivity index (χ4v) is 2.47. The Labute approximate surface area is 146 Å². The van der Waals surface area contributed by atoms with E-state index in [1.54, 1.807) is 31.4 Å². The van der Waals surface area contributed by atoms with Crippen LogP contribution in [-0.2, 0) is 0 Å². The van der Waals surface area contributed by atoms with Gasteiger partial charge in [-0.1, -0.05) is 12.1 Å². The molecule has 0 bridgehead atoms. The van der Waals surface area contributed by atoms with E-state index in [-0.39, 0.29) is 5.78 Å². The fraction of sp³-hybridized carbons (Fsp3) is 0.263. The standard InChI is InChI=1S/C19H19NO5/c1-22-14-7-5-12(6-8-14)15(11-20)18(21)13-9-16(23-2)19(25-4)17(10-13)24-3/h5-10,15H,1-4H3. The van der Waals surface area contributed by atoms with E-state index in [1.807, 2.05) is 0 Å². The van der Waals surface area contributed by atoms with Gasteiger partial charge in [0.05, 0.1) is 34.5 Å². The van der Waals surface area contributed by atoms with Crippen LogP contribution in [-0.4, -0.2) is 34.2 Å². The topological polar surface area (TPSA) is 77.8 Å². The minimum atomic E-state index is -0.950. The first-order chi connectivity index (χ1) is 12.1. The van der Waals surface area contributed by atoms with Gasteiger partial charge < -0.3 is 18.9 Å². The molecule has 2 aromatic carbocycles. The van der Waals surface area contributed by atoms with Crippen molar-refractivity contribution in [3.05, 3.63) is 47.5 Å². The number of Topliss-reactive ketones (excluding diaryl/α,β-unsaturated/α-hetero) is 1. The van der Waals surface area contributed by atoms with Crippen molar-refractivity contribution in [1.29, 1.82) is 5.26 Å². The van der Waals surface area contributed by atoms with Crippen molar-refractivity contribution in [2.45, 2.75) is 5.92 Å². The molecule has 0 aliphatic carbocycles. The Morgan fingerprint density at radius 3 is 1.88 bits per heavy atom. The molecular weight excluding hydrogens is 322 g/mol. The molecule has 0 saturated carbocycles. The number of hydrogen-bond acceptors (Lipinski definition) is 6. The summed E-state index contributed by atoms with van der Waals surface area (Å²) in [6.07, 6.45) is 0. The van der Waals surface area contributed by atoms with E-state index >= 15 is 0 Å². The summed E-state index contributed by atoms with van der Waals surface area (Å²) >= 11 is 0. The lowest BCUT2D eigenvalue weighted by molar-refractivity contribution is 0.0978. The number of nitrogens with zero attached hydrogens (tertiary/aromatic N) is 1. The lowest BCUT2D eigenvalue weighted by Crippen LogP contribution is -2.12. The molecule has 0 spiro atoms. The minimum absolute atomic E-state index is 0.303. The third-order valence-electron chi connectivity index (χ3n) is 3.79. The molecule has 0 amide bonds. The van der Waals surface area contributed by atoms with Crippen molar-refractivity contribution in [3.8, 4) is 29.1 Å². The Kier molecular flexibility index (Phi) is 5.85. The summed E-state index contributed by atoms with van der Waals surface area (Å²) in [5, 5.41) is 9.50. The molecular formula is C19H19NO5. The summed E-state index contributed by atoms with van der Waals surface area (Å²) < 4.78 is 20.9. The monoisotopic (exact) mass is 341 g/mol. The third-order valence-corrected chi connectivity index (χ3v) is 3.79. The van der Waals surface area contributed by atoms with Crippen molar-refractivity contribution >= 4 is 5.78 Å². The van der Waals surface area contributed by atoms with Crippen LogP contribution in [0.5, 0.6) is 23.0 Å². The molecule has 6 nitrogen and oxygen atoms in total. The smallest absolute Gasteiger partial charge is 0.203 e. The summed E-state index contributed by atoms with van der Waals surface area (Å²) in [5.74, 6) is 0.453. The Morgan fingerprint density at radius 1 is 0.920 bits per heavy atom. The second kappa shape index (κ2) is 8.06. The zero-order chi connectivity index (χ0) is 18.4. The van der Waals surface area contributed by atoms with Gasteiger partial charge in [-0.15, -0.1) is 0 Å². The second-order valence-corrected chi connectivity index (χ2v) is 5.11. The molecule has 2 aromatic rings. The molecule has 130 valence electrons. The summed E-state index contributed by atoms with van der Waals surface area (Å²) in [6, 6.07) is 11.9. The van der Waals surface area contributed by atoms with Crippen molar-refractivity contribution in [2.24, 2.45) is 0 Å². The number of carbonyl (C=O) groups excluding carboxylic acids is 1. The number of rotatable bonds is 7. The van der Waals surface area contributed by atoms with Crippen LogP contribution in [0.1, 0.15) is 21.8 Å². The van der Waals surface area contributed by atoms with E-state index in [9.17, 15) is 10.1 Å². The predicted molar refractivity (Wildman–Crippen MR) is 91.8 cm³/mol. The van der Waals surface area contributed by atoms with Crippen LogP contribution in [0, 0.1) is 11.3 Å². The molecule has 0 saturated heterocycles. The fourth-order valence-electron chi connectivity index (χ4n) is 2.47. The van der Waals surface area contributed by atoms with Crippen LogP contribution >= 0.6 is 0 Å². The van der Waals surface area contributed by atoms with E-state index in [2.05, 4.69) is 6.07 Å². The molecule has 1 atom stereocenters. The Hall–Kier alpha value is -3.20. The third kappa shape index (κ3) is 3.66. The van der Waals surface area contributed by atoms with E-state index in [1.165, 1.54) is 33.5 Å². The van der Waals surface area contributed by atoms with Crippen LogP contribution in [0.3, 0.4) is 0 Å². The quantitative estimate of drug-likeness (QED) is 0.720. The van der Waals surface area contributed by atoms with Crippen LogP contribution in [0.2, 0.25) is 0 Å². The lowest BCUT2D eigenvalue weighted by Gasteiger charge is -2.15. The maximum atomic E-state index is 12.9. The second-order valence-electron chi connectivity index (χ2n) is 5.11. The van der Waals surface area contributed by atoms with Crippen LogP contribution in [0.4, 0.5) is 0 Å². The molecule has 0 fully saturated rings. The molecule has 0 radical (unpaired) electrons. The Bertz CT molecular complexity index is 767. The molecule has 2 rings (SSSR count). The predicted octanol–water partition coefficient (Wildman–Crippen LogP) is 3.21. The summed E-state index contributed by atoms with van der Waals surface area (Å²) in [6.45, 7) is 0. The molecule has 25 heavy (non-hydrogen) atoms. The van der Waals surface area contributed by atoms with Crippen molar-refractivity contribution in [1.82, 2.24) is 0 Å². The van der Waals surface area contributed by atoms with E-state index in [4.69, 9.17) is 18.9 Å². The molecule has 6 heteroatoms. The number of ketones is 1. The van der Waals surface area contributed by atoms with Gasteiger partial charge in [-0.05, 0) is 29.8 Å². The maximum absolute atomic E-state index is 12.9. The Balaban J connectivity index is 2.45. The highest BCUT2D eigenvalue weighted by Crippen LogP contribution is 2.39. The number of ether oxygens (including phenoxy) is 4. The molecule has 0 heterocycles. The zero-order valence-corrected chi connectivity index (χ0v) is 14.5. The average Bonchev–Trinajstić information content (AvgIpc) is 2.67. The van der Waals surface area contributed by atoms with Gasteiger partial charge in [0, 0.05) is 5.56 Å². The van der Waals surface area contributed by atoms with E-state index in [0.717, 1.165) is 0 Å². The largest absolute Gasteiger partial charge is 0.497 e. The lowest BCUT2D eigenvalue weighted by atomic mass is 9.91. The van der Waals surface area contributed by atoms with E-state index in [0.29, 0.717) is 34.1 Å². The van der Waals surface area contributed by atoms with Gasteiger partial charge in [0.2, 0.25) is 5.75 Å². The van der Waals surface area contributed by atoms with Crippen LogP contribution in [0.15, 0.2) is 36.4 Å². The average molecular weight is 341 g/mol. The van der Waals surface area contributed by atoms with Gasteiger partial charge in [0.15, 0.2) is 17.3 Å². The van der Waals surface area contributed by atoms with Gasteiger partial charge in [-0.3, -0.25) is 4.79 Å². The van der Waals surface area contributed by atoms with Crippen LogP contribution in [0.25, 0.3) is 0 Å². The normalized spacial score (nSPS) is 11.2. The van der Waals surface area contributed by atoms with Gasteiger partial charge >= 0.3 is 0 Å². The highest BCUT2D eigenvalue weighted by molar-refractivity contribution is 6.03. The first-order valence-corrected chi connectivity index (χ1v) is 7.47. The maximum Gasteiger partial charge on any atom is 0.203 e. The zero-order valence-electron chi connectivity index (χ0n) is 14.5. The van der Waals surface area contributed by atoms with Crippen molar-refractivity contribution in [3.63, 3.8) is 0 Å². The summed E-state index contributed by atoms with van der Waals surface area (Å²) in [5.41, 5.74) is 0.888. The molecule has 0 aliphatic rings. The molecule has 0 N–H and O–H groups in total. The summed E-state index contributed by atoms with van der Waals surface area (Å²) in [7, 11) is 5.97. The molecule has 0 aliphatic heterocycles. The number of nitriles is 1. The first kappa shape index (κ1) is 18.1. The summed E-state index contributed by atoms with van der Waals surface area (Å²) in [4.78, 5) is 12.9. The van der Waals surface area contributed by atoms with Crippen molar-refractivity contribution in [2.75, 3.05) is 28.4 Å². The minimum Gasteiger partial charge on any atom is -0.497 e. The van der Waals surface area contributed by atoms with Gasteiger partial charge in [0.1, 0.15) is 11.7 Å². The number of hydrogen-bond donors (Lipinski definition) is 0. The number of methoxy groups -OCH3 is 4. The number of carbonyl (C=O) groups is 1. The van der Waals surface area contributed by atoms with E-state index < -0.39 is 5.92 Å². The highest BCUT2D eigenvalue weighted by atomic mass is 16.5. The van der Waals surface area contributed by atoms with Crippen molar-refractivity contribution < 1.29 is 23.7 Å². The molecule has 1 unspecified atom stereocenters. The van der Waals surface area contributed by atoms with Gasteiger partial charge in [-0.25, -0.2) is 0 Å². The Morgan fingerprint density at radius 2 is 1.48 bits per heavy atom. The van der Waals surface area contributed by atoms with Gasteiger partial charge in [0.25, 0.3) is 0 Å². The first-order valence-electron chi connectivity index (χ1n) is 7.47. The SMILES string of the molecule is COc1ccc(C(C#N)C(=O)c2cc(OC)c(OC)c(OC)c2)cc1. The molecule has 0 aromatic heterocycles. The van der Waals surface area contributed by atoms with Crippen LogP contribution < -0.4 is 18.9 Å². The van der Waals surface area contributed by atoms with Gasteiger partial charge in [-0.2, -0.15) is 5.26 Å².